The molecule has 0 aliphatic heterocycles. The molecule has 6 heteroatoms. The summed E-state index contributed by atoms with van der Waals surface area (Å²) in [6.07, 6.45) is 5.38. The average Bonchev–Trinajstić information content (AvgIpc) is 2.48. The van der Waals surface area contributed by atoms with E-state index in [2.05, 4.69) is 39.5 Å². The van der Waals surface area contributed by atoms with Gasteiger partial charge in [0.15, 0.2) is 0 Å². The van der Waals surface area contributed by atoms with Gasteiger partial charge in [-0.15, -0.1) is 0 Å². The topological polar surface area (TPSA) is 88.8 Å². The number of nitrogens with two attached hydrogens (primary N) is 1. The number of anilines is 2. The first-order valence-corrected chi connectivity index (χ1v) is 6.74. The van der Waals surface area contributed by atoms with Crippen LogP contribution in [-0.4, -0.2) is 15.0 Å². The van der Waals surface area contributed by atoms with E-state index in [4.69, 9.17) is 5.84 Å². The maximum absolute atomic E-state index is 5.45. The Morgan fingerprint density at radius 3 is 2.55 bits per heavy atom. The maximum Gasteiger partial charge on any atom is 0.145 e. The van der Waals surface area contributed by atoms with Gasteiger partial charge in [0, 0.05) is 24.9 Å². The molecule has 4 N–H and O–H groups in total. The van der Waals surface area contributed by atoms with Crippen LogP contribution in [0.5, 0.6) is 0 Å². The molecule has 0 fully saturated rings. The van der Waals surface area contributed by atoms with Gasteiger partial charge in [-0.1, -0.05) is 6.92 Å². The third-order valence-electron chi connectivity index (χ3n) is 2.96. The fourth-order valence-corrected chi connectivity index (χ4v) is 1.94. The summed E-state index contributed by atoms with van der Waals surface area (Å²) in [5, 5.41) is 3.36. The second kappa shape index (κ2) is 6.81. The van der Waals surface area contributed by atoms with Crippen LogP contribution in [0, 0.1) is 0 Å². The molecule has 106 valence electrons. The SMILES string of the molecule is CCCc1nc(NN)cc(NC(C)c2ccncc2)n1. The number of nitrogen functional groups attached to an aromatic ring is 1. The van der Waals surface area contributed by atoms with E-state index in [0.717, 1.165) is 30.0 Å². The van der Waals surface area contributed by atoms with E-state index in [0.29, 0.717) is 5.82 Å². The zero-order valence-electron chi connectivity index (χ0n) is 11.8. The van der Waals surface area contributed by atoms with Gasteiger partial charge < -0.3 is 10.7 Å². The van der Waals surface area contributed by atoms with E-state index in [-0.39, 0.29) is 6.04 Å². The average molecular weight is 272 g/mol. The molecule has 0 saturated carbocycles. The van der Waals surface area contributed by atoms with Crippen LogP contribution in [0.15, 0.2) is 30.6 Å². The molecular formula is C14H20N6. The van der Waals surface area contributed by atoms with E-state index in [1.165, 1.54) is 0 Å². The first-order chi connectivity index (χ1) is 9.72. The molecule has 20 heavy (non-hydrogen) atoms. The van der Waals surface area contributed by atoms with E-state index in [9.17, 15) is 0 Å². The molecule has 0 radical (unpaired) electrons. The summed E-state index contributed by atoms with van der Waals surface area (Å²) in [6, 6.07) is 5.89. The van der Waals surface area contributed by atoms with Crippen LogP contribution < -0.4 is 16.6 Å². The van der Waals surface area contributed by atoms with Crippen molar-refractivity contribution in [2.45, 2.75) is 32.7 Å². The van der Waals surface area contributed by atoms with Gasteiger partial charge in [0.2, 0.25) is 0 Å². The summed E-state index contributed by atoms with van der Waals surface area (Å²) in [6.45, 7) is 4.17. The van der Waals surface area contributed by atoms with Gasteiger partial charge in [0.25, 0.3) is 0 Å². The van der Waals surface area contributed by atoms with Crippen LogP contribution in [-0.2, 0) is 6.42 Å². The van der Waals surface area contributed by atoms with E-state index < -0.39 is 0 Å². The standard InChI is InChI=1S/C14H20N6/c1-3-4-12-18-13(9-14(19-12)20-15)17-10(2)11-5-7-16-8-6-11/h5-10H,3-4,15H2,1-2H3,(H2,17,18,19,20). The van der Waals surface area contributed by atoms with E-state index >= 15 is 0 Å². The lowest BCUT2D eigenvalue weighted by molar-refractivity contribution is 0.819. The van der Waals surface area contributed by atoms with Crippen LogP contribution in [0.2, 0.25) is 0 Å². The van der Waals surface area contributed by atoms with Gasteiger partial charge in [-0.2, -0.15) is 0 Å². The lowest BCUT2D eigenvalue weighted by atomic mass is 10.1. The first kappa shape index (κ1) is 14.2. The Hall–Kier alpha value is -2.21. The normalized spacial score (nSPS) is 11.9. The van der Waals surface area contributed by atoms with Crippen LogP contribution in [0.25, 0.3) is 0 Å². The molecule has 0 aliphatic carbocycles. The molecule has 0 amide bonds. The number of hydrazine groups is 1. The Morgan fingerprint density at radius 1 is 1.20 bits per heavy atom. The number of hydrogen-bond acceptors (Lipinski definition) is 6. The van der Waals surface area contributed by atoms with Crippen molar-refractivity contribution in [1.29, 1.82) is 0 Å². The predicted octanol–water partition coefficient (Wildman–Crippen LogP) is 2.28. The summed E-state index contributed by atoms with van der Waals surface area (Å²) < 4.78 is 0. The van der Waals surface area contributed by atoms with Crippen molar-refractivity contribution in [3.8, 4) is 0 Å². The molecule has 2 heterocycles. The molecule has 2 rings (SSSR count). The Kier molecular flexibility index (Phi) is 4.84. The third-order valence-corrected chi connectivity index (χ3v) is 2.96. The Balaban J connectivity index is 2.17. The molecule has 0 aromatic carbocycles. The second-order valence-electron chi connectivity index (χ2n) is 4.60. The number of hydrogen-bond donors (Lipinski definition) is 3. The Labute approximate surface area is 118 Å². The van der Waals surface area contributed by atoms with E-state index in [1.807, 2.05) is 12.1 Å². The quantitative estimate of drug-likeness (QED) is 0.552. The molecule has 6 nitrogen and oxygen atoms in total. The van der Waals surface area contributed by atoms with Gasteiger partial charge >= 0.3 is 0 Å². The summed E-state index contributed by atoms with van der Waals surface area (Å²) in [4.78, 5) is 12.8. The highest BCUT2D eigenvalue weighted by molar-refractivity contribution is 5.48. The lowest BCUT2D eigenvalue weighted by Gasteiger charge is -2.16. The Bertz CT molecular complexity index is 543. The lowest BCUT2D eigenvalue weighted by Crippen LogP contribution is -2.14. The molecule has 0 spiro atoms. The third kappa shape index (κ3) is 3.64. The number of nitrogens with one attached hydrogen (secondary N) is 2. The van der Waals surface area contributed by atoms with E-state index in [1.54, 1.807) is 18.5 Å². The molecule has 0 saturated heterocycles. The number of rotatable bonds is 6. The fourth-order valence-electron chi connectivity index (χ4n) is 1.94. The van der Waals surface area contributed by atoms with Crippen molar-refractivity contribution in [1.82, 2.24) is 15.0 Å². The van der Waals surface area contributed by atoms with Gasteiger partial charge in [-0.05, 0) is 31.0 Å². The van der Waals surface area contributed by atoms with Crippen molar-refractivity contribution >= 4 is 11.6 Å². The van der Waals surface area contributed by atoms with Gasteiger partial charge in [0.1, 0.15) is 17.5 Å². The summed E-state index contributed by atoms with van der Waals surface area (Å²) >= 11 is 0. The van der Waals surface area contributed by atoms with Crippen LogP contribution in [0.4, 0.5) is 11.6 Å². The smallest absolute Gasteiger partial charge is 0.145 e. The zero-order valence-corrected chi connectivity index (χ0v) is 11.8. The largest absolute Gasteiger partial charge is 0.363 e. The fraction of sp³-hybridized carbons (Fsp3) is 0.357. The molecular weight excluding hydrogens is 252 g/mol. The van der Waals surface area contributed by atoms with Crippen molar-refractivity contribution in [2.75, 3.05) is 10.7 Å². The van der Waals surface area contributed by atoms with Crippen LogP contribution >= 0.6 is 0 Å². The minimum Gasteiger partial charge on any atom is -0.363 e. The molecule has 2 aromatic heterocycles. The minimum absolute atomic E-state index is 0.132. The molecule has 2 aromatic rings. The maximum atomic E-state index is 5.45. The number of aryl methyl sites for hydroxylation is 1. The monoisotopic (exact) mass is 272 g/mol. The molecule has 1 atom stereocenters. The highest BCUT2D eigenvalue weighted by Crippen LogP contribution is 2.19. The molecule has 0 aliphatic rings. The summed E-state index contributed by atoms with van der Waals surface area (Å²) in [5.41, 5.74) is 3.73. The van der Waals surface area contributed by atoms with Crippen molar-refractivity contribution < 1.29 is 0 Å². The Morgan fingerprint density at radius 2 is 1.90 bits per heavy atom. The number of nitrogens with zero attached hydrogens (tertiary/aromatic N) is 3. The summed E-state index contributed by atoms with van der Waals surface area (Å²) in [7, 11) is 0. The van der Waals surface area contributed by atoms with Crippen molar-refractivity contribution in [3.05, 3.63) is 42.0 Å². The van der Waals surface area contributed by atoms with Crippen LogP contribution in [0.1, 0.15) is 37.7 Å². The van der Waals surface area contributed by atoms with Crippen molar-refractivity contribution in [2.24, 2.45) is 5.84 Å². The highest BCUT2D eigenvalue weighted by atomic mass is 15.3. The molecule has 0 bridgehead atoms. The van der Waals surface area contributed by atoms with Crippen LogP contribution in [0.3, 0.4) is 0 Å². The number of aromatic nitrogens is 3. The molecule has 1 unspecified atom stereocenters. The first-order valence-electron chi connectivity index (χ1n) is 6.74. The summed E-state index contributed by atoms with van der Waals surface area (Å²) in [5.74, 6) is 7.62. The number of pyridine rings is 1. The zero-order chi connectivity index (χ0) is 14.4. The minimum atomic E-state index is 0.132. The van der Waals surface area contributed by atoms with Crippen molar-refractivity contribution in [3.63, 3.8) is 0 Å². The predicted molar refractivity (Wildman–Crippen MR) is 80.1 cm³/mol. The highest BCUT2D eigenvalue weighted by Gasteiger charge is 2.08. The van der Waals surface area contributed by atoms with Gasteiger partial charge in [-0.3, -0.25) is 4.98 Å². The second-order valence-corrected chi connectivity index (χ2v) is 4.60. The van der Waals surface area contributed by atoms with Gasteiger partial charge in [-0.25, -0.2) is 15.8 Å². The van der Waals surface area contributed by atoms with Gasteiger partial charge in [0.05, 0.1) is 6.04 Å².